The number of nitrogens with zero attached hydrogens (tertiary/aromatic N) is 3. The van der Waals surface area contributed by atoms with E-state index in [4.69, 9.17) is 4.74 Å². The lowest BCUT2D eigenvalue weighted by atomic mass is 10.1. The molecule has 7 heteroatoms. The number of hydrogen-bond acceptors (Lipinski definition) is 5. The van der Waals surface area contributed by atoms with Crippen molar-refractivity contribution in [2.24, 2.45) is 0 Å². The molecular weight excluding hydrogens is 332 g/mol. The van der Waals surface area contributed by atoms with Gasteiger partial charge in [0.1, 0.15) is 0 Å². The van der Waals surface area contributed by atoms with Crippen molar-refractivity contribution >= 4 is 11.8 Å². The van der Waals surface area contributed by atoms with E-state index in [1.165, 1.54) is 0 Å². The predicted molar refractivity (Wildman–Crippen MR) is 99.8 cm³/mol. The minimum atomic E-state index is -0.120. The number of carbonyl (C=O) groups excluding carboxylic acids is 2. The summed E-state index contributed by atoms with van der Waals surface area (Å²) in [5, 5.41) is 3.09. The van der Waals surface area contributed by atoms with Crippen LogP contribution < -0.4 is 5.32 Å². The molecule has 2 saturated heterocycles. The highest BCUT2D eigenvalue weighted by Crippen LogP contribution is 2.20. The highest BCUT2D eigenvalue weighted by molar-refractivity contribution is 5.82. The summed E-state index contributed by atoms with van der Waals surface area (Å²) in [5.41, 5.74) is 0. The third kappa shape index (κ3) is 4.75. The molecule has 1 saturated carbocycles. The normalized spacial score (nSPS) is 30.7. The quantitative estimate of drug-likeness (QED) is 0.758. The Morgan fingerprint density at radius 1 is 0.923 bits per heavy atom. The van der Waals surface area contributed by atoms with Gasteiger partial charge in [-0.25, -0.2) is 0 Å². The first-order valence-electron chi connectivity index (χ1n) is 10.1. The van der Waals surface area contributed by atoms with Crippen LogP contribution in [0, 0.1) is 0 Å². The summed E-state index contributed by atoms with van der Waals surface area (Å²) in [6.07, 6.45) is 2.42. The van der Waals surface area contributed by atoms with Crippen LogP contribution in [-0.4, -0.2) is 96.1 Å². The molecule has 0 aromatic heterocycles. The van der Waals surface area contributed by atoms with E-state index in [9.17, 15) is 9.59 Å². The standard InChI is InChI=1S/C19H34N4O3/c1-13-11-23(12-14(2)26-13)19(25)16(4)22-9-7-21(8-10-22)15(3)18(24)20-17-5-6-17/h13-17H,5-12H2,1-4H3,(H,20,24). The SMILES string of the molecule is CC1CN(C(=O)C(C)N2CCN(C(C)C(=O)NC3CC3)CC2)CC(C)O1. The Balaban J connectivity index is 1.47. The molecule has 0 spiro atoms. The number of nitrogens with one attached hydrogen (secondary N) is 1. The van der Waals surface area contributed by atoms with Crippen LogP contribution in [0.4, 0.5) is 0 Å². The molecule has 2 heterocycles. The van der Waals surface area contributed by atoms with Crippen molar-refractivity contribution < 1.29 is 14.3 Å². The van der Waals surface area contributed by atoms with Gasteiger partial charge in [0.05, 0.1) is 24.3 Å². The maximum atomic E-state index is 12.9. The Kier molecular flexibility index (Phi) is 6.20. The maximum Gasteiger partial charge on any atom is 0.239 e. The van der Waals surface area contributed by atoms with E-state index in [-0.39, 0.29) is 36.1 Å². The summed E-state index contributed by atoms with van der Waals surface area (Å²) in [6, 6.07) is 0.192. The van der Waals surface area contributed by atoms with Crippen LogP contribution in [0.3, 0.4) is 0 Å². The zero-order valence-electron chi connectivity index (χ0n) is 16.6. The Morgan fingerprint density at radius 2 is 1.42 bits per heavy atom. The summed E-state index contributed by atoms with van der Waals surface area (Å²) >= 11 is 0. The molecule has 3 aliphatic rings. The number of piperazine rings is 1. The van der Waals surface area contributed by atoms with Crippen molar-refractivity contribution in [2.45, 2.75) is 70.9 Å². The van der Waals surface area contributed by atoms with Gasteiger partial charge in [0.25, 0.3) is 0 Å². The molecule has 4 atom stereocenters. The molecule has 148 valence electrons. The van der Waals surface area contributed by atoms with Crippen LogP contribution in [0.15, 0.2) is 0 Å². The molecule has 1 N–H and O–H groups in total. The number of hydrogen-bond donors (Lipinski definition) is 1. The number of carbonyl (C=O) groups is 2. The molecule has 4 unspecified atom stereocenters. The third-order valence-electron chi connectivity index (χ3n) is 5.84. The molecule has 0 aromatic carbocycles. The Hall–Kier alpha value is -1.18. The van der Waals surface area contributed by atoms with Crippen LogP contribution in [0.2, 0.25) is 0 Å². The highest BCUT2D eigenvalue weighted by Gasteiger charge is 2.34. The van der Waals surface area contributed by atoms with Gasteiger partial charge in [-0.15, -0.1) is 0 Å². The smallest absolute Gasteiger partial charge is 0.239 e. The van der Waals surface area contributed by atoms with Gasteiger partial charge in [-0.2, -0.15) is 0 Å². The van der Waals surface area contributed by atoms with Gasteiger partial charge >= 0.3 is 0 Å². The minimum Gasteiger partial charge on any atom is -0.372 e. The molecule has 2 aliphatic heterocycles. The second-order valence-corrected chi connectivity index (χ2v) is 8.21. The molecular formula is C19H34N4O3. The first-order chi connectivity index (χ1) is 12.3. The Bertz CT molecular complexity index is 507. The minimum absolute atomic E-state index is 0.0929. The monoisotopic (exact) mass is 366 g/mol. The molecule has 0 radical (unpaired) electrons. The van der Waals surface area contributed by atoms with Crippen LogP contribution in [-0.2, 0) is 14.3 Å². The van der Waals surface area contributed by atoms with Gasteiger partial charge < -0.3 is 15.0 Å². The molecule has 26 heavy (non-hydrogen) atoms. The molecule has 3 rings (SSSR count). The molecule has 7 nitrogen and oxygen atoms in total. The summed E-state index contributed by atoms with van der Waals surface area (Å²) < 4.78 is 5.73. The van der Waals surface area contributed by atoms with E-state index in [0.717, 1.165) is 39.0 Å². The molecule has 3 fully saturated rings. The van der Waals surface area contributed by atoms with Crippen LogP contribution in [0.25, 0.3) is 0 Å². The fourth-order valence-corrected chi connectivity index (χ4v) is 4.01. The molecule has 0 bridgehead atoms. The highest BCUT2D eigenvalue weighted by atomic mass is 16.5. The van der Waals surface area contributed by atoms with E-state index >= 15 is 0 Å². The van der Waals surface area contributed by atoms with Crippen molar-refractivity contribution in [3.63, 3.8) is 0 Å². The van der Waals surface area contributed by atoms with Gasteiger partial charge in [-0.3, -0.25) is 19.4 Å². The largest absolute Gasteiger partial charge is 0.372 e. The second-order valence-electron chi connectivity index (χ2n) is 8.21. The van der Waals surface area contributed by atoms with Crippen molar-refractivity contribution in [2.75, 3.05) is 39.3 Å². The number of morpholine rings is 1. The van der Waals surface area contributed by atoms with Gasteiger partial charge in [0.2, 0.25) is 11.8 Å². The second kappa shape index (κ2) is 8.23. The predicted octanol–water partition coefficient (Wildman–Crippen LogP) is 0.295. The lowest BCUT2D eigenvalue weighted by Crippen LogP contribution is -2.59. The molecule has 2 amide bonds. The number of amides is 2. The number of rotatable bonds is 5. The lowest BCUT2D eigenvalue weighted by molar-refractivity contribution is -0.149. The van der Waals surface area contributed by atoms with Crippen molar-refractivity contribution in [1.29, 1.82) is 0 Å². The summed E-state index contributed by atoms with van der Waals surface area (Å²) in [6.45, 7) is 12.7. The zero-order valence-corrected chi connectivity index (χ0v) is 16.6. The summed E-state index contributed by atoms with van der Waals surface area (Å²) in [7, 11) is 0. The third-order valence-corrected chi connectivity index (χ3v) is 5.84. The van der Waals surface area contributed by atoms with E-state index in [0.29, 0.717) is 19.1 Å². The van der Waals surface area contributed by atoms with Crippen molar-refractivity contribution in [1.82, 2.24) is 20.0 Å². The van der Waals surface area contributed by atoms with E-state index in [1.807, 2.05) is 32.6 Å². The summed E-state index contributed by atoms with van der Waals surface area (Å²) in [4.78, 5) is 31.6. The van der Waals surface area contributed by atoms with Gasteiger partial charge in [0.15, 0.2) is 0 Å². The van der Waals surface area contributed by atoms with E-state index in [2.05, 4.69) is 15.1 Å². The van der Waals surface area contributed by atoms with Crippen LogP contribution in [0.5, 0.6) is 0 Å². The van der Waals surface area contributed by atoms with Crippen LogP contribution >= 0.6 is 0 Å². The number of ether oxygens (including phenoxy) is 1. The topological polar surface area (TPSA) is 65.1 Å². The Morgan fingerprint density at radius 3 is 1.92 bits per heavy atom. The molecule has 0 aromatic rings. The van der Waals surface area contributed by atoms with Gasteiger partial charge in [0, 0.05) is 45.3 Å². The molecule has 1 aliphatic carbocycles. The van der Waals surface area contributed by atoms with Crippen LogP contribution in [0.1, 0.15) is 40.5 Å². The lowest BCUT2D eigenvalue weighted by Gasteiger charge is -2.42. The maximum absolute atomic E-state index is 12.9. The average Bonchev–Trinajstić information content (AvgIpc) is 3.43. The fraction of sp³-hybridized carbons (Fsp3) is 0.895. The van der Waals surface area contributed by atoms with E-state index < -0.39 is 0 Å². The fourth-order valence-electron chi connectivity index (χ4n) is 4.01. The van der Waals surface area contributed by atoms with Gasteiger partial charge in [-0.1, -0.05) is 0 Å². The van der Waals surface area contributed by atoms with Gasteiger partial charge in [-0.05, 0) is 40.5 Å². The van der Waals surface area contributed by atoms with E-state index in [1.54, 1.807) is 0 Å². The average molecular weight is 367 g/mol. The summed E-state index contributed by atoms with van der Waals surface area (Å²) in [5.74, 6) is 0.335. The van der Waals surface area contributed by atoms with Crippen molar-refractivity contribution in [3.05, 3.63) is 0 Å². The zero-order chi connectivity index (χ0) is 18.8. The first-order valence-corrected chi connectivity index (χ1v) is 10.1. The first kappa shape index (κ1) is 19.6. The Labute approximate surface area is 157 Å². The van der Waals surface area contributed by atoms with Crippen molar-refractivity contribution in [3.8, 4) is 0 Å².